The van der Waals surface area contributed by atoms with Crippen LogP contribution >= 0.6 is 0 Å². The van der Waals surface area contributed by atoms with Crippen molar-refractivity contribution in [2.45, 2.75) is 13.8 Å². The molecule has 0 amide bonds. The fourth-order valence-corrected chi connectivity index (χ4v) is 1.35. The molecular weight excluding hydrogens is 172 g/mol. The van der Waals surface area contributed by atoms with Crippen molar-refractivity contribution in [1.29, 1.82) is 0 Å². The van der Waals surface area contributed by atoms with Gasteiger partial charge >= 0.3 is 0 Å². The van der Waals surface area contributed by atoms with E-state index in [4.69, 9.17) is 0 Å². The van der Waals surface area contributed by atoms with Gasteiger partial charge in [0.15, 0.2) is 0 Å². The average Bonchev–Trinajstić information content (AvgIpc) is 2.21. The van der Waals surface area contributed by atoms with Crippen molar-refractivity contribution in [3.8, 4) is 0 Å². The van der Waals surface area contributed by atoms with Gasteiger partial charge in [-0.3, -0.25) is 4.99 Å². The van der Waals surface area contributed by atoms with Crippen LogP contribution in [-0.4, -0.2) is 13.3 Å². The number of para-hydroxylation sites is 1. The smallest absolute Gasteiger partial charge is 0.0928 e. The molecule has 2 heteroatoms. The number of rotatable bonds is 3. The number of aliphatic imine (C=N–C) groups is 1. The summed E-state index contributed by atoms with van der Waals surface area (Å²) in [4.78, 5) is 4.36. The van der Waals surface area contributed by atoms with Gasteiger partial charge in [0, 0.05) is 18.8 Å². The summed E-state index contributed by atoms with van der Waals surface area (Å²) in [6.07, 6.45) is 5.88. The summed E-state index contributed by atoms with van der Waals surface area (Å²) in [7, 11) is 1.91. The molecule has 0 spiro atoms. The van der Waals surface area contributed by atoms with Gasteiger partial charge in [0.2, 0.25) is 0 Å². The lowest BCUT2D eigenvalue weighted by molar-refractivity contribution is 1.44. The number of nitrogens with zero attached hydrogens (tertiary/aromatic N) is 1. The molecule has 1 rings (SSSR count). The number of hydrogen-bond donors (Lipinski definition) is 1. The van der Waals surface area contributed by atoms with Gasteiger partial charge in [-0.15, -0.1) is 0 Å². The molecule has 14 heavy (non-hydrogen) atoms. The highest BCUT2D eigenvalue weighted by Crippen LogP contribution is 2.29. The van der Waals surface area contributed by atoms with Crippen LogP contribution in [0.1, 0.15) is 19.4 Å². The van der Waals surface area contributed by atoms with Gasteiger partial charge in [-0.1, -0.05) is 24.3 Å². The SMILES string of the molecule is CC=Nc1c(/C=C\C)cccc1NC. The van der Waals surface area contributed by atoms with Crippen LogP contribution in [0.3, 0.4) is 0 Å². The van der Waals surface area contributed by atoms with Crippen LogP contribution < -0.4 is 5.32 Å². The van der Waals surface area contributed by atoms with Gasteiger partial charge in [0.25, 0.3) is 0 Å². The van der Waals surface area contributed by atoms with E-state index in [1.54, 1.807) is 0 Å². The van der Waals surface area contributed by atoms with E-state index in [-0.39, 0.29) is 0 Å². The van der Waals surface area contributed by atoms with Gasteiger partial charge in [-0.2, -0.15) is 0 Å². The maximum Gasteiger partial charge on any atom is 0.0928 e. The largest absolute Gasteiger partial charge is 0.386 e. The van der Waals surface area contributed by atoms with Gasteiger partial charge in [-0.25, -0.2) is 0 Å². The molecular formula is C12H16N2. The Hall–Kier alpha value is -1.57. The molecule has 1 aromatic carbocycles. The molecule has 0 aromatic heterocycles. The van der Waals surface area contributed by atoms with E-state index in [0.29, 0.717) is 0 Å². The lowest BCUT2D eigenvalue weighted by Gasteiger charge is -2.07. The predicted molar refractivity (Wildman–Crippen MR) is 64.5 cm³/mol. The molecule has 0 atom stereocenters. The fourth-order valence-electron chi connectivity index (χ4n) is 1.35. The van der Waals surface area contributed by atoms with Crippen LogP contribution in [0.15, 0.2) is 29.3 Å². The Labute approximate surface area is 85.4 Å². The van der Waals surface area contributed by atoms with Gasteiger partial charge in [0.05, 0.1) is 11.4 Å². The molecule has 0 unspecified atom stereocenters. The van der Waals surface area contributed by atoms with Crippen LogP contribution in [-0.2, 0) is 0 Å². The number of nitrogens with one attached hydrogen (secondary N) is 1. The van der Waals surface area contributed by atoms with E-state index < -0.39 is 0 Å². The van der Waals surface area contributed by atoms with Crippen molar-refractivity contribution in [3.63, 3.8) is 0 Å². The lowest BCUT2D eigenvalue weighted by atomic mass is 10.1. The molecule has 0 aliphatic carbocycles. The van der Waals surface area contributed by atoms with Crippen molar-refractivity contribution in [1.82, 2.24) is 0 Å². The average molecular weight is 188 g/mol. The zero-order valence-corrected chi connectivity index (χ0v) is 8.91. The van der Waals surface area contributed by atoms with Crippen LogP contribution in [0.4, 0.5) is 11.4 Å². The third-order valence-corrected chi connectivity index (χ3v) is 1.94. The van der Waals surface area contributed by atoms with Crippen LogP contribution in [0, 0.1) is 0 Å². The highest BCUT2D eigenvalue weighted by atomic mass is 14.9. The zero-order chi connectivity index (χ0) is 10.4. The molecule has 0 aliphatic heterocycles. The molecule has 0 fully saturated rings. The van der Waals surface area contributed by atoms with Gasteiger partial charge in [0.1, 0.15) is 0 Å². The summed E-state index contributed by atoms with van der Waals surface area (Å²) in [6, 6.07) is 6.11. The molecule has 0 saturated carbocycles. The van der Waals surface area contributed by atoms with E-state index >= 15 is 0 Å². The quantitative estimate of drug-likeness (QED) is 0.721. The molecule has 0 aliphatic rings. The Morgan fingerprint density at radius 1 is 1.29 bits per heavy atom. The van der Waals surface area contributed by atoms with Crippen LogP contribution in [0.5, 0.6) is 0 Å². The van der Waals surface area contributed by atoms with Crippen molar-refractivity contribution in [2.75, 3.05) is 12.4 Å². The van der Waals surface area contributed by atoms with Gasteiger partial charge < -0.3 is 5.32 Å². The highest BCUT2D eigenvalue weighted by Gasteiger charge is 2.01. The fraction of sp³-hybridized carbons (Fsp3) is 0.250. The van der Waals surface area contributed by atoms with E-state index in [1.807, 2.05) is 45.3 Å². The molecule has 2 nitrogen and oxygen atoms in total. The topological polar surface area (TPSA) is 24.4 Å². The molecule has 0 bridgehead atoms. The summed E-state index contributed by atoms with van der Waals surface area (Å²) in [5.74, 6) is 0. The van der Waals surface area contributed by atoms with Crippen LogP contribution in [0.25, 0.3) is 6.08 Å². The summed E-state index contributed by atoms with van der Waals surface area (Å²) in [5.41, 5.74) is 3.19. The number of hydrogen-bond acceptors (Lipinski definition) is 2. The Morgan fingerprint density at radius 2 is 2.07 bits per heavy atom. The van der Waals surface area contributed by atoms with Crippen molar-refractivity contribution in [2.24, 2.45) is 4.99 Å². The first-order valence-corrected chi connectivity index (χ1v) is 4.75. The van der Waals surface area contributed by atoms with Crippen molar-refractivity contribution < 1.29 is 0 Å². The summed E-state index contributed by atoms with van der Waals surface area (Å²) in [5, 5.41) is 3.13. The third-order valence-electron chi connectivity index (χ3n) is 1.94. The Bertz CT molecular complexity index is 351. The van der Waals surface area contributed by atoms with Crippen molar-refractivity contribution >= 4 is 23.7 Å². The minimum absolute atomic E-state index is 0.996. The predicted octanol–water partition coefficient (Wildman–Crippen LogP) is 3.48. The maximum absolute atomic E-state index is 4.36. The minimum Gasteiger partial charge on any atom is -0.386 e. The Balaban J connectivity index is 3.27. The Morgan fingerprint density at radius 3 is 2.64 bits per heavy atom. The highest BCUT2D eigenvalue weighted by molar-refractivity contribution is 5.80. The third kappa shape index (κ3) is 2.22. The summed E-state index contributed by atoms with van der Waals surface area (Å²) < 4.78 is 0. The van der Waals surface area contributed by atoms with E-state index in [0.717, 1.165) is 16.9 Å². The first-order chi connectivity index (χ1) is 6.83. The molecule has 1 N–H and O–H groups in total. The lowest BCUT2D eigenvalue weighted by Crippen LogP contribution is -1.89. The van der Waals surface area contributed by atoms with E-state index in [9.17, 15) is 0 Å². The second kappa shape index (κ2) is 5.22. The first-order valence-electron chi connectivity index (χ1n) is 4.75. The van der Waals surface area contributed by atoms with E-state index in [2.05, 4.69) is 22.5 Å². The molecule has 0 saturated heterocycles. The second-order valence-electron chi connectivity index (χ2n) is 2.88. The Kier molecular flexibility index (Phi) is 3.92. The normalized spacial score (nSPS) is 11.4. The monoisotopic (exact) mass is 188 g/mol. The number of anilines is 1. The first kappa shape index (κ1) is 10.5. The molecule has 74 valence electrons. The van der Waals surface area contributed by atoms with Gasteiger partial charge in [-0.05, 0) is 19.9 Å². The molecule has 1 aromatic rings. The van der Waals surface area contributed by atoms with Crippen molar-refractivity contribution in [3.05, 3.63) is 29.8 Å². The van der Waals surface area contributed by atoms with Crippen LogP contribution in [0.2, 0.25) is 0 Å². The summed E-state index contributed by atoms with van der Waals surface area (Å²) in [6.45, 7) is 3.93. The molecule has 0 radical (unpaired) electrons. The maximum atomic E-state index is 4.36. The van der Waals surface area contributed by atoms with E-state index in [1.165, 1.54) is 0 Å². The summed E-state index contributed by atoms with van der Waals surface area (Å²) >= 11 is 0. The molecule has 0 heterocycles. The zero-order valence-electron chi connectivity index (χ0n) is 8.91. The standard InChI is InChI=1S/C12H16N2/c1-4-7-10-8-6-9-11(13-3)12(10)14-5-2/h4-9,13H,1-3H3/b7-4-,14-5?. The number of allylic oxidation sites excluding steroid dienone is 1. The number of benzene rings is 1. The second-order valence-corrected chi connectivity index (χ2v) is 2.88. The minimum atomic E-state index is 0.996.